The Hall–Kier alpha value is -2.35. The molecular formula is C13H12FN5OS. The summed E-state index contributed by atoms with van der Waals surface area (Å²) in [6, 6.07) is 6.25. The smallest absolute Gasteiger partial charge is 0.263 e. The van der Waals surface area contributed by atoms with Crippen LogP contribution in [0.5, 0.6) is 0 Å². The number of nitrogens with zero attached hydrogens (tertiary/aromatic N) is 4. The SMILES string of the molecule is Cn1ncc(-c2nc(CSc3ccc(F)cc3)no2)c1N. The molecule has 2 aromatic heterocycles. The van der Waals surface area contributed by atoms with E-state index in [1.807, 2.05) is 0 Å². The molecule has 0 saturated carbocycles. The van der Waals surface area contributed by atoms with Gasteiger partial charge in [-0.25, -0.2) is 4.39 Å². The van der Waals surface area contributed by atoms with Gasteiger partial charge in [-0.1, -0.05) is 5.16 Å². The molecule has 0 aliphatic heterocycles. The van der Waals surface area contributed by atoms with E-state index in [1.165, 1.54) is 28.6 Å². The van der Waals surface area contributed by atoms with Crippen LogP contribution in [-0.2, 0) is 12.8 Å². The van der Waals surface area contributed by atoms with E-state index in [2.05, 4.69) is 15.2 Å². The highest BCUT2D eigenvalue weighted by Gasteiger charge is 2.15. The molecule has 0 radical (unpaired) electrons. The maximum atomic E-state index is 12.8. The van der Waals surface area contributed by atoms with Crippen LogP contribution in [0.25, 0.3) is 11.5 Å². The number of benzene rings is 1. The third kappa shape index (κ3) is 2.89. The van der Waals surface area contributed by atoms with E-state index in [4.69, 9.17) is 10.3 Å². The number of nitrogens with two attached hydrogens (primary N) is 1. The van der Waals surface area contributed by atoms with Crippen molar-refractivity contribution in [1.82, 2.24) is 19.9 Å². The van der Waals surface area contributed by atoms with Crippen molar-refractivity contribution in [1.29, 1.82) is 0 Å². The van der Waals surface area contributed by atoms with Gasteiger partial charge in [0.1, 0.15) is 17.2 Å². The Morgan fingerprint density at radius 3 is 2.76 bits per heavy atom. The van der Waals surface area contributed by atoms with Gasteiger partial charge >= 0.3 is 0 Å². The van der Waals surface area contributed by atoms with Crippen molar-refractivity contribution in [3.8, 4) is 11.5 Å². The number of aromatic nitrogens is 4. The third-order valence-corrected chi connectivity index (χ3v) is 3.87. The van der Waals surface area contributed by atoms with Crippen LogP contribution in [0, 0.1) is 5.82 Å². The number of anilines is 1. The number of aryl methyl sites for hydroxylation is 1. The Bertz CT molecular complexity index is 752. The fourth-order valence-corrected chi connectivity index (χ4v) is 2.45. The van der Waals surface area contributed by atoms with Gasteiger partial charge in [-0.3, -0.25) is 4.68 Å². The summed E-state index contributed by atoms with van der Waals surface area (Å²) in [6.07, 6.45) is 1.58. The summed E-state index contributed by atoms with van der Waals surface area (Å²) in [4.78, 5) is 5.22. The van der Waals surface area contributed by atoms with Crippen LogP contribution in [0.4, 0.5) is 10.2 Å². The van der Waals surface area contributed by atoms with Crippen molar-refractivity contribution in [3.63, 3.8) is 0 Å². The molecule has 0 aliphatic rings. The third-order valence-electron chi connectivity index (χ3n) is 2.86. The molecule has 0 amide bonds. The summed E-state index contributed by atoms with van der Waals surface area (Å²) in [5.74, 6) is 1.62. The summed E-state index contributed by atoms with van der Waals surface area (Å²) < 4.78 is 19.5. The predicted molar refractivity (Wildman–Crippen MR) is 76.9 cm³/mol. The molecule has 108 valence electrons. The Labute approximate surface area is 124 Å². The van der Waals surface area contributed by atoms with Crippen molar-refractivity contribution < 1.29 is 8.91 Å². The van der Waals surface area contributed by atoms with Crippen LogP contribution in [0.15, 0.2) is 39.9 Å². The maximum absolute atomic E-state index is 12.8. The molecule has 0 fully saturated rings. The lowest BCUT2D eigenvalue weighted by Crippen LogP contribution is -1.98. The first-order valence-electron chi connectivity index (χ1n) is 6.12. The van der Waals surface area contributed by atoms with E-state index in [0.717, 1.165) is 4.90 Å². The highest BCUT2D eigenvalue weighted by Crippen LogP contribution is 2.26. The standard InChI is InChI=1S/C13H12FN5OS/c1-19-12(15)10(6-16-19)13-17-11(18-20-13)7-21-9-4-2-8(14)3-5-9/h2-6H,7,15H2,1H3. The van der Waals surface area contributed by atoms with Gasteiger partial charge in [0.15, 0.2) is 5.82 Å². The lowest BCUT2D eigenvalue weighted by Gasteiger charge is -1.97. The Morgan fingerprint density at radius 2 is 2.10 bits per heavy atom. The lowest BCUT2D eigenvalue weighted by molar-refractivity contribution is 0.425. The quantitative estimate of drug-likeness (QED) is 0.746. The number of rotatable bonds is 4. The highest BCUT2D eigenvalue weighted by molar-refractivity contribution is 7.98. The minimum absolute atomic E-state index is 0.256. The minimum Gasteiger partial charge on any atom is -0.383 e. The van der Waals surface area contributed by atoms with E-state index >= 15 is 0 Å². The molecule has 2 heterocycles. The van der Waals surface area contributed by atoms with Crippen LogP contribution in [0.2, 0.25) is 0 Å². The van der Waals surface area contributed by atoms with Gasteiger partial charge in [0.2, 0.25) is 0 Å². The fraction of sp³-hybridized carbons (Fsp3) is 0.154. The van der Waals surface area contributed by atoms with E-state index in [0.29, 0.717) is 28.8 Å². The summed E-state index contributed by atoms with van der Waals surface area (Å²) in [7, 11) is 1.74. The average molecular weight is 305 g/mol. The van der Waals surface area contributed by atoms with Crippen LogP contribution in [0.1, 0.15) is 5.82 Å². The molecule has 8 heteroatoms. The van der Waals surface area contributed by atoms with Gasteiger partial charge in [0.05, 0.1) is 11.9 Å². The minimum atomic E-state index is -0.256. The topological polar surface area (TPSA) is 82.8 Å². The van der Waals surface area contributed by atoms with E-state index in [9.17, 15) is 4.39 Å². The van der Waals surface area contributed by atoms with Gasteiger partial charge < -0.3 is 10.3 Å². The second-order valence-corrected chi connectivity index (χ2v) is 5.37. The van der Waals surface area contributed by atoms with Crippen molar-refractivity contribution >= 4 is 17.6 Å². The Morgan fingerprint density at radius 1 is 1.33 bits per heavy atom. The first-order chi connectivity index (χ1) is 10.1. The van der Waals surface area contributed by atoms with E-state index in [-0.39, 0.29) is 5.82 Å². The normalized spacial score (nSPS) is 11.0. The summed E-state index contributed by atoms with van der Waals surface area (Å²) in [6.45, 7) is 0. The van der Waals surface area contributed by atoms with Gasteiger partial charge in [-0.05, 0) is 24.3 Å². The van der Waals surface area contributed by atoms with Gasteiger partial charge in [0.25, 0.3) is 5.89 Å². The van der Waals surface area contributed by atoms with Gasteiger partial charge in [-0.15, -0.1) is 11.8 Å². The Balaban J connectivity index is 1.70. The van der Waals surface area contributed by atoms with Crippen LogP contribution in [0.3, 0.4) is 0 Å². The number of hydrogen-bond donors (Lipinski definition) is 1. The van der Waals surface area contributed by atoms with Gasteiger partial charge in [0, 0.05) is 11.9 Å². The molecule has 6 nitrogen and oxygen atoms in total. The van der Waals surface area contributed by atoms with E-state index in [1.54, 1.807) is 25.4 Å². The van der Waals surface area contributed by atoms with Crippen LogP contribution >= 0.6 is 11.8 Å². The van der Waals surface area contributed by atoms with Crippen molar-refractivity contribution in [2.24, 2.45) is 7.05 Å². The molecule has 0 saturated heterocycles. The van der Waals surface area contributed by atoms with Crippen molar-refractivity contribution in [3.05, 3.63) is 42.1 Å². The molecule has 0 spiro atoms. The predicted octanol–water partition coefficient (Wildman–Crippen LogP) is 2.48. The number of halogens is 1. The zero-order chi connectivity index (χ0) is 14.8. The average Bonchev–Trinajstić information content (AvgIpc) is 3.07. The summed E-state index contributed by atoms with van der Waals surface area (Å²) >= 11 is 1.50. The molecule has 3 aromatic rings. The number of thioether (sulfide) groups is 1. The first-order valence-corrected chi connectivity index (χ1v) is 7.11. The first kappa shape index (κ1) is 13.6. The van der Waals surface area contributed by atoms with Crippen molar-refractivity contribution in [2.45, 2.75) is 10.6 Å². The van der Waals surface area contributed by atoms with Crippen LogP contribution < -0.4 is 5.73 Å². The molecule has 0 unspecified atom stereocenters. The maximum Gasteiger partial charge on any atom is 0.263 e. The molecule has 2 N–H and O–H groups in total. The fourth-order valence-electron chi connectivity index (χ4n) is 1.71. The highest BCUT2D eigenvalue weighted by atomic mass is 32.2. The number of nitrogen functional groups attached to an aromatic ring is 1. The molecule has 0 atom stereocenters. The monoisotopic (exact) mass is 305 g/mol. The second-order valence-electron chi connectivity index (χ2n) is 4.33. The van der Waals surface area contributed by atoms with E-state index < -0.39 is 0 Å². The molecule has 1 aromatic carbocycles. The molecule has 21 heavy (non-hydrogen) atoms. The molecule has 0 aliphatic carbocycles. The summed E-state index contributed by atoms with van der Waals surface area (Å²) in [5.41, 5.74) is 6.47. The van der Waals surface area contributed by atoms with Crippen molar-refractivity contribution in [2.75, 3.05) is 5.73 Å². The zero-order valence-electron chi connectivity index (χ0n) is 11.2. The molecular weight excluding hydrogens is 293 g/mol. The second kappa shape index (κ2) is 5.57. The zero-order valence-corrected chi connectivity index (χ0v) is 12.0. The number of hydrogen-bond acceptors (Lipinski definition) is 6. The molecule has 3 rings (SSSR count). The van der Waals surface area contributed by atoms with Crippen LogP contribution in [-0.4, -0.2) is 19.9 Å². The van der Waals surface area contributed by atoms with Gasteiger partial charge in [-0.2, -0.15) is 10.1 Å². The largest absolute Gasteiger partial charge is 0.383 e. The molecule has 0 bridgehead atoms. The lowest BCUT2D eigenvalue weighted by atomic mass is 10.3. The summed E-state index contributed by atoms with van der Waals surface area (Å²) in [5, 5.41) is 7.93. The Kier molecular flexibility index (Phi) is 3.61.